The molecular formula is C26H36N2O2S. The van der Waals surface area contributed by atoms with Gasteiger partial charge >= 0.3 is 0 Å². The molecule has 2 saturated heterocycles. The molecule has 0 N–H and O–H groups in total. The lowest BCUT2D eigenvalue weighted by molar-refractivity contribution is -0.110. The standard InChI is InChI=1S/C26H36N2O2S/c1-30-24-13-18-31-26(24)22-11-16-28(17-12-22)25(27-14-7-2-3-8-15-27)19-23(20-29)21-9-5-4-6-10-21/h4-6,9-10,13,18,20,22-23,25H,2-3,7-8,11-12,14-17,19H2,1H3. The van der Waals surface area contributed by atoms with Crippen molar-refractivity contribution in [3.05, 3.63) is 52.2 Å². The Balaban J connectivity index is 1.48. The number of likely N-dealkylation sites (tertiary alicyclic amines) is 2. The summed E-state index contributed by atoms with van der Waals surface area (Å²) in [5, 5.41) is 2.15. The topological polar surface area (TPSA) is 32.8 Å². The monoisotopic (exact) mass is 440 g/mol. The molecule has 4 nitrogen and oxygen atoms in total. The lowest BCUT2D eigenvalue weighted by Gasteiger charge is -2.43. The molecule has 2 aliphatic heterocycles. The van der Waals surface area contributed by atoms with Gasteiger partial charge in [0, 0.05) is 23.9 Å². The van der Waals surface area contributed by atoms with Gasteiger partial charge in [-0.1, -0.05) is 43.2 Å². The van der Waals surface area contributed by atoms with Gasteiger partial charge in [0.1, 0.15) is 12.0 Å². The van der Waals surface area contributed by atoms with E-state index in [1.165, 1.54) is 36.8 Å². The van der Waals surface area contributed by atoms with E-state index in [-0.39, 0.29) is 5.92 Å². The molecule has 1 aromatic heterocycles. The van der Waals surface area contributed by atoms with Gasteiger partial charge in [0.05, 0.1) is 13.3 Å². The van der Waals surface area contributed by atoms with Crippen molar-refractivity contribution in [2.45, 2.75) is 62.9 Å². The second kappa shape index (κ2) is 11.3. The molecule has 0 saturated carbocycles. The largest absolute Gasteiger partial charge is 0.496 e. The number of rotatable bonds is 8. The smallest absolute Gasteiger partial charge is 0.133 e. The fraction of sp³-hybridized carbons (Fsp3) is 0.577. The van der Waals surface area contributed by atoms with Gasteiger partial charge in [-0.05, 0) is 68.1 Å². The van der Waals surface area contributed by atoms with Crippen LogP contribution < -0.4 is 4.74 Å². The Morgan fingerprint density at radius 1 is 1.00 bits per heavy atom. The number of piperidine rings is 1. The molecule has 2 fully saturated rings. The molecule has 0 spiro atoms. The fourth-order valence-corrected chi connectivity index (χ4v) is 6.39. The third-order valence-corrected chi connectivity index (χ3v) is 8.18. The van der Waals surface area contributed by atoms with Gasteiger partial charge in [0.15, 0.2) is 0 Å². The maximum atomic E-state index is 12.1. The van der Waals surface area contributed by atoms with Crippen LogP contribution in [0.2, 0.25) is 0 Å². The van der Waals surface area contributed by atoms with Gasteiger partial charge in [-0.2, -0.15) is 0 Å². The van der Waals surface area contributed by atoms with Crippen molar-refractivity contribution < 1.29 is 9.53 Å². The number of methoxy groups -OCH3 is 1. The van der Waals surface area contributed by atoms with Crippen LogP contribution in [0.4, 0.5) is 0 Å². The van der Waals surface area contributed by atoms with E-state index >= 15 is 0 Å². The Bertz CT molecular complexity index is 793. The minimum absolute atomic E-state index is 0.0374. The van der Waals surface area contributed by atoms with Crippen LogP contribution in [0.25, 0.3) is 0 Å². The lowest BCUT2D eigenvalue weighted by atomic mass is 9.91. The summed E-state index contributed by atoms with van der Waals surface area (Å²) in [7, 11) is 1.78. The summed E-state index contributed by atoms with van der Waals surface area (Å²) in [6.45, 7) is 4.49. The molecule has 3 heterocycles. The summed E-state index contributed by atoms with van der Waals surface area (Å²) in [5.41, 5.74) is 1.15. The SMILES string of the molecule is COc1ccsc1C1CCN(C(CC(C=O)c2ccccc2)N2CCCCCC2)CC1. The third-order valence-electron chi connectivity index (χ3n) is 7.12. The molecule has 1 aromatic carbocycles. The quantitative estimate of drug-likeness (QED) is 0.507. The zero-order valence-corrected chi connectivity index (χ0v) is 19.6. The molecule has 2 aromatic rings. The van der Waals surface area contributed by atoms with Gasteiger partial charge in [-0.25, -0.2) is 0 Å². The van der Waals surface area contributed by atoms with Crippen molar-refractivity contribution in [1.82, 2.24) is 9.80 Å². The van der Waals surface area contributed by atoms with E-state index in [0.29, 0.717) is 12.1 Å². The van der Waals surface area contributed by atoms with Crippen molar-refractivity contribution in [2.75, 3.05) is 33.3 Å². The van der Waals surface area contributed by atoms with Crippen LogP contribution in [0.3, 0.4) is 0 Å². The molecule has 0 aliphatic carbocycles. The predicted molar refractivity (Wildman–Crippen MR) is 128 cm³/mol. The highest BCUT2D eigenvalue weighted by atomic mass is 32.1. The van der Waals surface area contributed by atoms with Crippen LogP contribution in [0.5, 0.6) is 5.75 Å². The fourth-order valence-electron chi connectivity index (χ4n) is 5.35. The maximum absolute atomic E-state index is 12.1. The van der Waals surface area contributed by atoms with E-state index < -0.39 is 0 Å². The van der Waals surface area contributed by atoms with Crippen LogP contribution in [-0.2, 0) is 4.79 Å². The van der Waals surface area contributed by atoms with Crippen molar-refractivity contribution in [2.24, 2.45) is 0 Å². The van der Waals surface area contributed by atoms with Crippen molar-refractivity contribution in [1.29, 1.82) is 0 Å². The maximum Gasteiger partial charge on any atom is 0.133 e. The highest BCUT2D eigenvalue weighted by Crippen LogP contribution is 2.39. The normalized spacial score (nSPS) is 21.3. The first-order valence-corrected chi connectivity index (χ1v) is 12.8. The molecule has 0 radical (unpaired) electrons. The molecule has 2 atom stereocenters. The molecule has 0 bridgehead atoms. The van der Waals surface area contributed by atoms with E-state index in [4.69, 9.17) is 4.74 Å². The number of carbonyl (C=O) groups is 1. The lowest BCUT2D eigenvalue weighted by Crippen LogP contribution is -2.52. The molecule has 0 amide bonds. The van der Waals surface area contributed by atoms with E-state index in [1.807, 2.05) is 29.5 Å². The first kappa shape index (κ1) is 22.5. The van der Waals surface area contributed by atoms with Crippen LogP contribution in [0.15, 0.2) is 41.8 Å². The molecule has 2 unspecified atom stereocenters. The first-order chi connectivity index (χ1) is 15.3. The summed E-state index contributed by atoms with van der Waals surface area (Å²) in [6, 6.07) is 12.4. The predicted octanol–water partition coefficient (Wildman–Crippen LogP) is 5.51. The number of hydrogen-bond donors (Lipinski definition) is 0. The number of carbonyl (C=O) groups excluding carboxylic acids is 1. The second-order valence-electron chi connectivity index (χ2n) is 8.98. The molecule has 31 heavy (non-hydrogen) atoms. The van der Waals surface area contributed by atoms with Crippen LogP contribution >= 0.6 is 11.3 Å². The van der Waals surface area contributed by atoms with Crippen LogP contribution in [0, 0.1) is 0 Å². The molecule has 168 valence electrons. The average molecular weight is 441 g/mol. The number of thiophene rings is 1. The highest BCUT2D eigenvalue weighted by Gasteiger charge is 2.33. The van der Waals surface area contributed by atoms with Gasteiger partial charge in [-0.3, -0.25) is 9.80 Å². The molecule has 5 heteroatoms. The van der Waals surface area contributed by atoms with Gasteiger partial charge < -0.3 is 9.53 Å². The van der Waals surface area contributed by atoms with E-state index in [9.17, 15) is 4.79 Å². The van der Waals surface area contributed by atoms with Crippen molar-refractivity contribution >= 4 is 17.6 Å². The number of hydrogen-bond acceptors (Lipinski definition) is 5. The minimum Gasteiger partial charge on any atom is -0.496 e. The second-order valence-corrected chi connectivity index (χ2v) is 9.93. The Hall–Kier alpha value is -1.69. The Morgan fingerprint density at radius 2 is 1.68 bits per heavy atom. The van der Waals surface area contributed by atoms with Crippen molar-refractivity contribution in [3.63, 3.8) is 0 Å². The molecule has 4 rings (SSSR count). The Morgan fingerprint density at radius 3 is 2.32 bits per heavy atom. The summed E-state index contributed by atoms with van der Waals surface area (Å²) in [6.07, 6.45) is 9.95. The van der Waals surface area contributed by atoms with Crippen molar-refractivity contribution in [3.8, 4) is 5.75 Å². The Labute approximate surface area is 191 Å². The molecular weight excluding hydrogens is 404 g/mol. The highest BCUT2D eigenvalue weighted by molar-refractivity contribution is 7.10. The summed E-state index contributed by atoms with van der Waals surface area (Å²) in [5.74, 6) is 1.61. The zero-order chi connectivity index (χ0) is 21.5. The number of benzene rings is 1. The van der Waals surface area contributed by atoms with Gasteiger partial charge in [0.25, 0.3) is 0 Å². The van der Waals surface area contributed by atoms with Gasteiger partial charge in [0.2, 0.25) is 0 Å². The summed E-state index contributed by atoms with van der Waals surface area (Å²) < 4.78 is 5.59. The van der Waals surface area contributed by atoms with E-state index in [0.717, 1.165) is 56.8 Å². The first-order valence-electron chi connectivity index (χ1n) is 11.9. The number of aldehydes is 1. The third kappa shape index (κ3) is 5.57. The van der Waals surface area contributed by atoms with E-state index in [2.05, 4.69) is 33.4 Å². The Kier molecular flexibility index (Phi) is 8.17. The zero-order valence-electron chi connectivity index (χ0n) is 18.7. The average Bonchev–Trinajstić information content (AvgIpc) is 3.15. The summed E-state index contributed by atoms with van der Waals surface area (Å²) in [4.78, 5) is 18.9. The number of ether oxygens (including phenoxy) is 1. The van der Waals surface area contributed by atoms with E-state index in [1.54, 1.807) is 7.11 Å². The minimum atomic E-state index is -0.0374. The van der Waals surface area contributed by atoms with Crippen LogP contribution in [0.1, 0.15) is 67.2 Å². The van der Waals surface area contributed by atoms with Crippen LogP contribution in [-0.4, -0.2) is 55.5 Å². The summed E-state index contributed by atoms with van der Waals surface area (Å²) >= 11 is 1.83. The number of nitrogens with zero attached hydrogens (tertiary/aromatic N) is 2. The molecule has 2 aliphatic rings. The van der Waals surface area contributed by atoms with Gasteiger partial charge in [-0.15, -0.1) is 11.3 Å².